The number of rotatable bonds is 6. The average molecular weight is 298 g/mol. The number of carbonyl (C=O) groups is 2. The number of amides is 1. The van der Waals surface area contributed by atoms with Crippen LogP contribution in [0.15, 0.2) is 11.6 Å². The zero-order valence-electron chi connectivity index (χ0n) is 13.2. The summed E-state index contributed by atoms with van der Waals surface area (Å²) in [7, 11) is 1.34. The Morgan fingerprint density at radius 3 is 2.52 bits per heavy atom. The molecule has 6 nitrogen and oxygen atoms in total. The number of nitrogens with one attached hydrogen (secondary N) is 1. The number of nitrogens with two attached hydrogens (primary N) is 1. The van der Waals surface area contributed by atoms with Crippen LogP contribution in [0.5, 0.6) is 0 Å². The number of methoxy groups -OCH3 is 1. The molecule has 0 heterocycles. The van der Waals surface area contributed by atoms with E-state index in [-0.39, 0.29) is 24.1 Å². The van der Waals surface area contributed by atoms with E-state index in [1.54, 1.807) is 6.08 Å². The Labute approximate surface area is 126 Å². The monoisotopic (exact) mass is 298 g/mol. The van der Waals surface area contributed by atoms with Crippen LogP contribution in [0.3, 0.4) is 0 Å². The van der Waals surface area contributed by atoms with Gasteiger partial charge in [0.25, 0.3) is 0 Å². The van der Waals surface area contributed by atoms with Gasteiger partial charge in [0.1, 0.15) is 0 Å². The van der Waals surface area contributed by atoms with E-state index in [2.05, 4.69) is 5.32 Å². The molecule has 0 aromatic heterocycles. The van der Waals surface area contributed by atoms with Crippen molar-refractivity contribution in [2.45, 2.75) is 64.3 Å². The van der Waals surface area contributed by atoms with Crippen LogP contribution in [-0.4, -0.2) is 43.3 Å². The van der Waals surface area contributed by atoms with E-state index in [1.165, 1.54) is 14.0 Å². The summed E-state index contributed by atoms with van der Waals surface area (Å²) >= 11 is 0. The minimum Gasteiger partial charge on any atom is -0.466 e. The number of hydrogen-bond donors (Lipinski definition) is 2. The maximum atomic E-state index is 11.7. The Balaban J connectivity index is 2.99. The van der Waals surface area contributed by atoms with Crippen LogP contribution in [0.25, 0.3) is 0 Å². The van der Waals surface area contributed by atoms with Gasteiger partial charge >= 0.3 is 5.97 Å². The Hall–Kier alpha value is -1.40. The van der Waals surface area contributed by atoms with E-state index in [0.717, 1.165) is 12.8 Å². The molecule has 0 aromatic carbocycles. The van der Waals surface area contributed by atoms with E-state index < -0.39 is 12.1 Å². The smallest absolute Gasteiger partial charge is 0.333 e. The molecule has 6 heteroatoms. The molecule has 1 rings (SSSR count). The lowest BCUT2D eigenvalue weighted by Gasteiger charge is -2.36. The molecule has 0 saturated heterocycles. The first-order valence-electron chi connectivity index (χ1n) is 7.40. The van der Waals surface area contributed by atoms with Crippen molar-refractivity contribution in [3.63, 3.8) is 0 Å². The lowest BCUT2D eigenvalue weighted by Crippen LogP contribution is -2.57. The number of hydrogen-bond acceptors (Lipinski definition) is 5. The standard InChI is InChI=1S/C15H26N2O4/c1-5-11(6-2)21-13-8-10(15(19)20-4)7-12(16)14(13)17-9(3)18/h8,11-14H,5-7,16H2,1-4H3,(H,17,18)/t12-,13+,14+/m0/s1. The summed E-state index contributed by atoms with van der Waals surface area (Å²) in [6.07, 6.45) is 3.45. The Bertz CT molecular complexity index is 404. The second kappa shape index (κ2) is 8.14. The van der Waals surface area contributed by atoms with Gasteiger partial charge in [-0.05, 0) is 25.3 Å². The van der Waals surface area contributed by atoms with Gasteiger partial charge in [-0.3, -0.25) is 4.79 Å². The summed E-state index contributed by atoms with van der Waals surface area (Å²) in [4.78, 5) is 23.1. The number of carbonyl (C=O) groups excluding carboxylic acids is 2. The first-order chi connectivity index (χ1) is 9.92. The van der Waals surface area contributed by atoms with Gasteiger partial charge in [0.15, 0.2) is 0 Å². The van der Waals surface area contributed by atoms with E-state index in [4.69, 9.17) is 15.2 Å². The van der Waals surface area contributed by atoms with E-state index in [0.29, 0.717) is 12.0 Å². The Kier molecular flexibility index (Phi) is 6.84. The molecule has 0 fully saturated rings. The number of esters is 1. The van der Waals surface area contributed by atoms with Gasteiger partial charge in [0.05, 0.1) is 25.4 Å². The summed E-state index contributed by atoms with van der Waals surface area (Å²) in [6, 6.07) is -0.719. The molecule has 0 aliphatic heterocycles. The third-order valence-electron chi connectivity index (χ3n) is 3.71. The van der Waals surface area contributed by atoms with E-state index >= 15 is 0 Å². The van der Waals surface area contributed by atoms with Gasteiger partial charge in [-0.25, -0.2) is 4.79 Å². The molecule has 0 radical (unpaired) electrons. The molecule has 3 atom stereocenters. The van der Waals surface area contributed by atoms with Crippen LogP contribution in [0.2, 0.25) is 0 Å². The van der Waals surface area contributed by atoms with Crippen molar-refractivity contribution in [3.8, 4) is 0 Å². The zero-order chi connectivity index (χ0) is 16.0. The van der Waals surface area contributed by atoms with Crippen molar-refractivity contribution in [3.05, 3.63) is 11.6 Å². The Morgan fingerprint density at radius 2 is 2.05 bits per heavy atom. The molecule has 1 amide bonds. The molecule has 0 spiro atoms. The highest BCUT2D eigenvalue weighted by Crippen LogP contribution is 2.23. The van der Waals surface area contributed by atoms with Crippen molar-refractivity contribution in [1.82, 2.24) is 5.32 Å². The van der Waals surface area contributed by atoms with Crippen molar-refractivity contribution < 1.29 is 19.1 Å². The first-order valence-corrected chi connectivity index (χ1v) is 7.40. The van der Waals surface area contributed by atoms with Crippen LogP contribution < -0.4 is 11.1 Å². The largest absolute Gasteiger partial charge is 0.466 e. The topological polar surface area (TPSA) is 90.7 Å². The van der Waals surface area contributed by atoms with E-state index in [1.807, 2.05) is 13.8 Å². The molecule has 21 heavy (non-hydrogen) atoms. The summed E-state index contributed by atoms with van der Waals surface area (Å²) < 4.78 is 10.8. The molecule has 0 saturated carbocycles. The van der Waals surface area contributed by atoms with Crippen LogP contribution >= 0.6 is 0 Å². The van der Waals surface area contributed by atoms with Crippen LogP contribution in [0.4, 0.5) is 0 Å². The molecular weight excluding hydrogens is 272 g/mol. The minimum absolute atomic E-state index is 0.0618. The highest BCUT2D eigenvalue weighted by Gasteiger charge is 2.35. The molecule has 1 aliphatic carbocycles. The third kappa shape index (κ3) is 4.82. The molecular formula is C15H26N2O4. The number of ether oxygens (including phenoxy) is 2. The summed E-state index contributed by atoms with van der Waals surface area (Å²) in [6.45, 7) is 5.52. The molecule has 0 bridgehead atoms. The SMILES string of the molecule is CCC(CC)O[C@@H]1C=C(C(=O)OC)C[C@H](N)[C@H]1NC(C)=O. The minimum atomic E-state index is -0.420. The fourth-order valence-electron chi connectivity index (χ4n) is 2.53. The fourth-order valence-corrected chi connectivity index (χ4v) is 2.53. The van der Waals surface area contributed by atoms with Gasteiger partial charge in [0, 0.05) is 18.5 Å². The first kappa shape index (κ1) is 17.7. The van der Waals surface area contributed by atoms with Crippen molar-refractivity contribution in [2.24, 2.45) is 5.73 Å². The van der Waals surface area contributed by atoms with Gasteiger partial charge < -0.3 is 20.5 Å². The normalized spacial score (nSPS) is 25.4. The van der Waals surface area contributed by atoms with Crippen molar-refractivity contribution >= 4 is 11.9 Å². The third-order valence-corrected chi connectivity index (χ3v) is 3.71. The second-order valence-electron chi connectivity index (χ2n) is 5.32. The average Bonchev–Trinajstić information content (AvgIpc) is 2.46. The molecule has 0 unspecified atom stereocenters. The van der Waals surface area contributed by atoms with E-state index in [9.17, 15) is 9.59 Å². The van der Waals surface area contributed by atoms with Gasteiger partial charge in [0.2, 0.25) is 5.91 Å². The molecule has 120 valence electrons. The maximum absolute atomic E-state index is 11.7. The lowest BCUT2D eigenvalue weighted by molar-refractivity contribution is -0.136. The quantitative estimate of drug-likeness (QED) is 0.711. The van der Waals surface area contributed by atoms with Gasteiger partial charge in [-0.2, -0.15) is 0 Å². The predicted molar refractivity (Wildman–Crippen MR) is 79.5 cm³/mol. The highest BCUT2D eigenvalue weighted by atomic mass is 16.5. The van der Waals surface area contributed by atoms with Crippen LogP contribution in [-0.2, 0) is 19.1 Å². The van der Waals surface area contributed by atoms with Gasteiger partial charge in [-0.1, -0.05) is 13.8 Å². The molecule has 0 aromatic rings. The van der Waals surface area contributed by atoms with Crippen LogP contribution in [0.1, 0.15) is 40.0 Å². The fraction of sp³-hybridized carbons (Fsp3) is 0.733. The molecule has 1 aliphatic rings. The summed E-state index contributed by atoms with van der Waals surface area (Å²) in [5, 5.41) is 2.83. The van der Waals surface area contributed by atoms with Crippen LogP contribution in [0, 0.1) is 0 Å². The van der Waals surface area contributed by atoms with Crippen molar-refractivity contribution in [2.75, 3.05) is 7.11 Å². The summed E-state index contributed by atoms with van der Waals surface area (Å²) in [5.74, 6) is -0.562. The predicted octanol–water partition coefficient (Wildman–Crippen LogP) is 0.895. The Morgan fingerprint density at radius 1 is 1.43 bits per heavy atom. The van der Waals surface area contributed by atoms with Crippen molar-refractivity contribution in [1.29, 1.82) is 0 Å². The second-order valence-corrected chi connectivity index (χ2v) is 5.32. The highest BCUT2D eigenvalue weighted by molar-refractivity contribution is 5.89. The van der Waals surface area contributed by atoms with Gasteiger partial charge in [-0.15, -0.1) is 0 Å². The summed E-state index contributed by atoms with van der Waals surface area (Å²) in [5.41, 5.74) is 6.62. The molecule has 3 N–H and O–H groups in total. The maximum Gasteiger partial charge on any atom is 0.333 e. The zero-order valence-corrected chi connectivity index (χ0v) is 13.2. The lowest BCUT2D eigenvalue weighted by atomic mass is 9.88.